The molecule has 0 unspecified atom stereocenters. The van der Waals surface area contributed by atoms with Crippen LogP contribution in [0.3, 0.4) is 0 Å². The average Bonchev–Trinajstić information content (AvgIpc) is 2.89. The molecular weight excluding hydrogens is 253 g/mol. The Kier molecular flexibility index (Phi) is 2.82. The zero-order valence-electron chi connectivity index (χ0n) is 12.0. The summed E-state index contributed by atoms with van der Waals surface area (Å²) in [6.07, 6.45) is 0. The maximum atomic E-state index is 2.34. The van der Waals surface area contributed by atoms with Gasteiger partial charge < -0.3 is 4.57 Å². The molecule has 0 atom stereocenters. The van der Waals surface area contributed by atoms with Crippen LogP contribution in [0.2, 0.25) is 6.82 Å². The summed E-state index contributed by atoms with van der Waals surface area (Å²) in [5, 5.41) is 2.62. The summed E-state index contributed by atoms with van der Waals surface area (Å²) in [6, 6.07) is 25.8. The van der Waals surface area contributed by atoms with Crippen LogP contribution in [-0.2, 0) is 0 Å². The van der Waals surface area contributed by atoms with Crippen molar-refractivity contribution < 1.29 is 0 Å². The van der Waals surface area contributed by atoms with Crippen LogP contribution in [0, 0.1) is 0 Å². The molecule has 0 amide bonds. The highest BCUT2D eigenvalue weighted by molar-refractivity contribution is 6.52. The zero-order chi connectivity index (χ0) is 14.2. The lowest BCUT2D eigenvalue weighted by Gasteiger charge is -2.07. The van der Waals surface area contributed by atoms with Crippen molar-refractivity contribution in [2.75, 3.05) is 0 Å². The van der Waals surface area contributed by atoms with E-state index >= 15 is 0 Å². The van der Waals surface area contributed by atoms with Crippen LogP contribution in [0.4, 0.5) is 0 Å². The number of fused-ring (bicyclic) bond motifs is 3. The van der Waals surface area contributed by atoms with E-state index in [2.05, 4.69) is 91.5 Å². The number of rotatable bonds is 2. The van der Waals surface area contributed by atoms with Crippen molar-refractivity contribution in [3.8, 4) is 5.69 Å². The van der Waals surface area contributed by atoms with E-state index in [0.29, 0.717) is 0 Å². The standard InChI is InChI=1S/C19H15BN/c1-20-14-11-12-19-17(13-14)16-9-5-6-10-18(16)21(19)15-7-3-2-4-8-15/h2-13H,1H3. The van der Waals surface area contributed by atoms with Gasteiger partial charge in [0.15, 0.2) is 0 Å². The summed E-state index contributed by atoms with van der Waals surface area (Å²) >= 11 is 0. The van der Waals surface area contributed by atoms with Crippen LogP contribution in [0.1, 0.15) is 0 Å². The van der Waals surface area contributed by atoms with E-state index < -0.39 is 0 Å². The van der Waals surface area contributed by atoms with Crippen LogP contribution in [0.25, 0.3) is 27.5 Å². The van der Waals surface area contributed by atoms with Gasteiger partial charge in [-0.15, -0.1) is 0 Å². The van der Waals surface area contributed by atoms with Crippen LogP contribution >= 0.6 is 0 Å². The molecule has 2 heteroatoms. The van der Waals surface area contributed by atoms with E-state index in [1.807, 2.05) is 0 Å². The van der Waals surface area contributed by atoms with Crippen LogP contribution in [0.15, 0.2) is 72.8 Å². The van der Waals surface area contributed by atoms with E-state index in [-0.39, 0.29) is 0 Å². The quantitative estimate of drug-likeness (QED) is 0.481. The highest BCUT2D eigenvalue weighted by atomic mass is 15.0. The normalized spacial score (nSPS) is 11.1. The van der Waals surface area contributed by atoms with Crippen molar-refractivity contribution >= 4 is 34.5 Å². The number of hydrogen-bond acceptors (Lipinski definition) is 0. The van der Waals surface area contributed by atoms with E-state index in [9.17, 15) is 0 Å². The monoisotopic (exact) mass is 268 g/mol. The first-order valence-electron chi connectivity index (χ1n) is 7.26. The summed E-state index contributed by atoms with van der Waals surface area (Å²) in [5.41, 5.74) is 4.98. The molecule has 1 radical (unpaired) electrons. The molecule has 1 heterocycles. The van der Waals surface area contributed by atoms with Crippen LogP contribution in [0.5, 0.6) is 0 Å². The average molecular weight is 268 g/mol. The predicted molar refractivity (Wildman–Crippen MR) is 92.0 cm³/mol. The van der Waals surface area contributed by atoms with Gasteiger partial charge in [-0.05, 0) is 24.3 Å². The fraction of sp³-hybridized carbons (Fsp3) is 0.0526. The highest BCUT2D eigenvalue weighted by Gasteiger charge is 2.11. The largest absolute Gasteiger partial charge is 0.309 e. The minimum atomic E-state index is 1.21. The molecule has 1 nitrogen and oxygen atoms in total. The molecule has 0 N–H and O–H groups in total. The maximum absolute atomic E-state index is 2.34. The minimum Gasteiger partial charge on any atom is -0.309 e. The summed E-state index contributed by atoms with van der Waals surface area (Å²) in [4.78, 5) is 0. The van der Waals surface area contributed by atoms with Crippen molar-refractivity contribution in [1.29, 1.82) is 0 Å². The van der Waals surface area contributed by atoms with Gasteiger partial charge in [-0.2, -0.15) is 0 Å². The molecule has 4 rings (SSSR count). The molecule has 0 aliphatic carbocycles. The topological polar surface area (TPSA) is 4.93 Å². The maximum Gasteiger partial charge on any atom is 0.148 e. The third-order valence-electron chi connectivity index (χ3n) is 4.04. The molecule has 1 aromatic heterocycles. The van der Waals surface area contributed by atoms with Crippen molar-refractivity contribution in [2.24, 2.45) is 0 Å². The number of aromatic nitrogens is 1. The number of nitrogens with zero attached hydrogens (tertiary/aromatic N) is 1. The molecule has 0 spiro atoms. The summed E-state index contributed by atoms with van der Waals surface area (Å²) in [6.45, 7) is 2.08. The second-order valence-electron chi connectivity index (χ2n) is 5.25. The molecule has 99 valence electrons. The third-order valence-corrected chi connectivity index (χ3v) is 4.04. The first kappa shape index (κ1) is 12.3. The van der Waals surface area contributed by atoms with Gasteiger partial charge in [-0.3, -0.25) is 0 Å². The van der Waals surface area contributed by atoms with Crippen molar-refractivity contribution in [3.05, 3.63) is 72.8 Å². The third kappa shape index (κ3) is 1.87. The van der Waals surface area contributed by atoms with Gasteiger partial charge >= 0.3 is 0 Å². The smallest absolute Gasteiger partial charge is 0.148 e. The van der Waals surface area contributed by atoms with Gasteiger partial charge in [0.05, 0.1) is 11.0 Å². The van der Waals surface area contributed by atoms with Gasteiger partial charge in [-0.25, -0.2) is 0 Å². The lowest BCUT2D eigenvalue weighted by molar-refractivity contribution is 1.18. The van der Waals surface area contributed by atoms with E-state index in [1.165, 1.54) is 33.0 Å². The molecule has 0 saturated carbocycles. The zero-order valence-corrected chi connectivity index (χ0v) is 12.0. The fourth-order valence-corrected chi connectivity index (χ4v) is 3.03. The Balaban J connectivity index is 2.17. The summed E-state index contributed by atoms with van der Waals surface area (Å²) in [5.74, 6) is 0. The number of hydrogen-bond donors (Lipinski definition) is 0. The van der Waals surface area contributed by atoms with Gasteiger partial charge in [0.1, 0.15) is 7.28 Å². The molecule has 3 aromatic carbocycles. The molecule has 0 aliphatic rings. The van der Waals surface area contributed by atoms with Crippen LogP contribution in [-0.4, -0.2) is 11.8 Å². The van der Waals surface area contributed by atoms with E-state index in [1.54, 1.807) is 0 Å². The Morgan fingerprint density at radius 3 is 2.24 bits per heavy atom. The highest BCUT2D eigenvalue weighted by Crippen LogP contribution is 2.31. The Morgan fingerprint density at radius 2 is 1.43 bits per heavy atom. The second-order valence-corrected chi connectivity index (χ2v) is 5.25. The fourth-order valence-electron chi connectivity index (χ4n) is 3.03. The summed E-state index contributed by atoms with van der Waals surface area (Å²) in [7, 11) is 2.15. The predicted octanol–water partition coefficient (Wildman–Crippen LogP) is 4.16. The molecule has 0 fully saturated rings. The van der Waals surface area contributed by atoms with Crippen molar-refractivity contribution in [1.82, 2.24) is 4.57 Å². The molecule has 0 saturated heterocycles. The Labute approximate surface area is 125 Å². The Morgan fingerprint density at radius 1 is 0.714 bits per heavy atom. The first-order valence-corrected chi connectivity index (χ1v) is 7.26. The van der Waals surface area contributed by atoms with Gasteiger partial charge in [0.25, 0.3) is 0 Å². The lowest BCUT2D eigenvalue weighted by atomic mass is 9.73. The molecule has 0 bridgehead atoms. The van der Waals surface area contributed by atoms with Gasteiger partial charge in [0.2, 0.25) is 0 Å². The molecule has 0 aliphatic heterocycles. The first-order chi connectivity index (χ1) is 10.4. The Hall–Kier alpha value is -2.48. The number of para-hydroxylation sites is 2. The van der Waals surface area contributed by atoms with Crippen LogP contribution < -0.4 is 5.46 Å². The van der Waals surface area contributed by atoms with E-state index in [0.717, 1.165) is 0 Å². The van der Waals surface area contributed by atoms with E-state index in [4.69, 9.17) is 0 Å². The molecular formula is C19H15BN. The van der Waals surface area contributed by atoms with Gasteiger partial charge in [0, 0.05) is 16.5 Å². The second kappa shape index (κ2) is 4.82. The van der Waals surface area contributed by atoms with Gasteiger partial charge in [-0.1, -0.05) is 60.8 Å². The molecule has 4 aromatic rings. The lowest BCUT2D eigenvalue weighted by Crippen LogP contribution is -2.09. The number of benzene rings is 3. The minimum absolute atomic E-state index is 1.21. The Bertz CT molecular complexity index is 922. The summed E-state index contributed by atoms with van der Waals surface area (Å²) < 4.78 is 2.34. The molecule has 21 heavy (non-hydrogen) atoms. The van der Waals surface area contributed by atoms with Crippen molar-refractivity contribution in [2.45, 2.75) is 6.82 Å². The SMILES string of the molecule is C[B]c1ccc2c(c1)c1ccccc1n2-c1ccccc1. The van der Waals surface area contributed by atoms with Crippen molar-refractivity contribution in [3.63, 3.8) is 0 Å².